The van der Waals surface area contributed by atoms with E-state index in [1.54, 1.807) is 0 Å². The summed E-state index contributed by atoms with van der Waals surface area (Å²) in [5.41, 5.74) is 8.04. The molecule has 2 fully saturated rings. The second kappa shape index (κ2) is 6.44. The topological polar surface area (TPSA) is 49.6 Å². The van der Waals surface area contributed by atoms with E-state index in [1.807, 2.05) is 0 Å². The molecule has 1 atom stereocenters. The second-order valence-corrected chi connectivity index (χ2v) is 6.30. The third-order valence-corrected chi connectivity index (χ3v) is 4.56. The molecule has 0 aromatic heterocycles. The van der Waals surface area contributed by atoms with Crippen molar-refractivity contribution >= 4 is 5.91 Å². The molecule has 4 heteroatoms. The van der Waals surface area contributed by atoms with Crippen LogP contribution in [-0.4, -0.2) is 48.4 Å². The van der Waals surface area contributed by atoms with E-state index in [-0.39, 0.29) is 5.91 Å². The van der Waals surface area contributed by atoms with Gasteiger partial charge in [0.25, 0.3) is 0 Å². The summed E-state index contributed by atoms with van der Waals surface area (Å²) in [6, 6.07) is 0.298. The predicted octanol–water partition coefficient (Wildman–Crippen LogP) is 1.74. The Hall–Kier alpha value is -1.29. The van der Waals surface area contributed by atoms with E-state index in [4.69, 9.17) is 5.73 Å². The third-order valence-electron chi connectivity index (χ3n) is 4.56. The summed E-state index contributed by atoms with van der Waals surface area (Å²) in [6.07, 6.45) is 7.14. The normalized spacial score (nSPS) is 25.9. The van der Waals surface area contributed by atoms with E-state index in [1.165, 1.54) is 24.4 Å². The van der Waals surface area contributed by atoms with Crippen molar-refractivity contribution in [3.05, 3.63) is 23.4 Å². The van der Waals surface area contributed by atoms with Crippen molar-refractivity contribution in [1.29, 1.82) is 0 Å². The number of allylic oxidation sites excluding steroid dienone is 3. The zero-order valence-corrected chi connectivity index (χ0v) is 12.9. The number of likely N-dealkylation sites (tertiary alicyclic amines) is 2. The zero-order chi connectivity index (χ0) is 14.7. The summed E-state index contributed by atoms with van der Waals surface area (Å²) in [6.45, 7) is 7.73. The van der Waals surface area contributed by atoms with Crippen molar-refractivity contribution in [3.8, 4) is 0 Å². The molecule has 0 aromatic rings. The SMILES string of the molecule is C/C(=C\C=C(/C)N1CCC[C@@H]1CC(N)=O)C1CN(C)C1. The van der Waals surface area contributed by atoms with Crippen LogP contribution in [0.5, 0.6) is 0 Å². The van der Waals surface area contributed by atoms with Gasteiger partial charge in [-0.05, 0) is 39.8 Å². The van der Waals surface area contributed by atoms with E-state index in [2.05, 4.69) is 42.8 Å². The molecular weight excluding hydrogens is 250 g/mol. The minimum absolute atomic E-state index is 0.195. The van der Waals surface area contributed by atoms with E-state index in [0.717, 1.165) is 19.4 Å². The van der Waals surface area contributed by atoms with Crippen LogP contribution in [-0.2, 0) is 4.79 Å². The van der Waals surface area contributed by atoms with Crippen LogP contribution in [0.1, 0.15) is 33.1 Å². The van der Waals surface area contributed by atoms with Crippen molar-refractivity contribution in [2.24, 2.45) is 11.7 Å². The highest BCUT2D eigenvalue weighted by atomic mass is 16.1. The lowest BCUT2D eigenvalue weighted by Gasteiger charge is -2.37. The number of primary amides is 1. The van der Waals surface area contributed by atoms with Gasteiger partial charge in [0.05, 0.1) is 0 Å². The molecule has 0 aromatic carbocycles. The first kappa shape index (κ1) is 15.1. The van der Waals surface area contributed by atoms with Crippen LogP contribution >= 0.6 is 0 Å². The van der Waals surface area contributed by atoms with Crippen LogP contribution in [0.2, 0.25) is 0 Å². The molecule has 0 radical (unpaired) electrons. The Bertz CT molecular complexity index is 421. The average Bonchev–Trinajstić information content (AvgIpc) is 2.79. The Morgan fingerprint density at radius 2 is 2.00 bits per heavy atom. The van der Waals surface area contributed by atoms with Gasteiger partial charge in [0.1, 0.15) is 0 Å². The molecule has 2 aliphatic rings. The molecule has 1 amide bonds. The second-order valence-electron chi connectivity index (χ2n) is 6.30. The van der Waals surface area contributed by atoms with Gasteiger partial charge >= 0.3 is 0 Å². The third kappa shape index (κ3) is 3.63. The maximum absolute atomic E-state index is 11.1. The average molecular weight is 277 g/mol. The molecule has 112 valence electrons. The van der Waals surface area contributed by atoms with E-state index < -0.39 is 0 Å². The Morgan fingerprint density at radius 1 is 1.30 bits per heavy atom. The Balaban J connectivity index is 1.95. The lowest BCUT2D eigenvalue weighted by molar-refractivity contribution is -0.118. The van der Waals surface area contributed by atoms with Gasteiger partial charge in [0.2, 0.25) is 5.91 Å². The molecular formula is C16H27N3O. The van der Waals surface area contributed by atoms with Crippen LogP contribution < -0.4 is 5.73 Å². The van der Waals surface area contributed by atoms with Crippen LogP contribution in [0, 0.1) is 5.92 Å². The van der Waals surface area contributed by atoms with Crippen molar-refractivity contribution in [1.82, 2.24) is 9.80 Å². The molecule has 2 saturated heterocycles. The molecule has 2 aliphatic heterocycles. The van der Waals surface area contributed by atoms with Gasteiger partial charge in [-0.3, -0.25) is 4.79 Å². The number of carbonyl (C=O) groups excluding carboxylic acids is 1. The van der Waals surface area contributed by atoms with Crippen molar-refractivity contribution < 1.29 is 4.79 Å². The molecule has 0 saturated carbocycles. The lowest BCUT2D eigenvalue weighted by Crippen LogP contribution is -2.44. The van der Waals surface area contributed by atoms with Crippen LogP contribution in [0.15, 0.2) is 23.4 Å². The first-order valence-electron chi connectivity index (χ1n) is 7.56. The summed E-state index contributed by atoms with van der Waals surface area (Å²) in [4.78, 5) is 15.8. The smallest absolute Gasteiger partial charge is 0.219 e. The molecule has 0 aliphatic carbocycles. The van der Waals surface area contributed by atoms with Crippen LogP contribution in [0.3, 0.4) is 0 Å². The molecule has 0 unspecified atom stereocenters. The fourth-order valence-electron chi connectivity index (χ4n) is 3.22. The molecule has 2 rings (SSSR count). The standard InChI is InChI=1S/C16H27N3O/c1-12(14-10-18(3)11-14)6-7-13(2)19-8-4-5-15(19)9-16(17)20/h6-7,14-15H,4-5,8-11H2,1-3H3,(H2,17,20)/b12-6+,13-7+/t15-/m1/s1. The number of hydrogen-bond acceptors (Lipinski definition) is 3. The van der Waals surface area contributed by atoms with Crippen LogP contribution in [0.4, 0.5) is 0 Å². The lowest BCUT2D eigenvalue weighted by atomic mass is 9.92. The molecule has 2 N–H and O–H groups in total. The van der Waals surface area contributed by atoms with E-state index >= 15 is 0 Å². The highest BCUT2D eigenvalue weighted by Gasteiger charge is 2.26. The Labute approximate surface area is 122 Å². The Kier molecular flexibility index (Phi) is 4.86. The summed E-state index contributed by atoms with van der Waals surface area (Å²) in [7, 11) is 2.16. The first-order valence-corrected chi connectivity index (χ1v) is 7.56. The van der Waals surface area contributed by atoms with E-state index in [0.29, 0.717) is 18.4 Å². The fraction of sp³-hybridized carbons (Fsp3) is 0.688. The monoisotopic (exact) mass is 277 g/mol. The largest absolute Gasteiger partial charge is 0.372 e. The highest BCUT2D eigenvalue weighted by molar-refractivity contribution is 5.74. The number of amides is 1. The van der Waals surface area contributed by atoms with Gasteiger partial charge in [-0.15, -0.1) is 0 Å². The fourth-order valence-corrected chi connectivity index (χ4v) is 3.22. The predicted molar refractivity (Wildman–Crippen MR) is 82.0 cm³/mol. The molecule has 4 nitrogen and oxygen atoms in total. The maximum atomic E-state index is 11.1. The number of hydrogen-bond donors (Lipinski definition) is 1. The van der Waals surface area contributed by atoms with Crippen molar-refractivity contribution in [2.75, 3.05) is 26.7 Å². The molecule has 0 bridgehead atoms. The zero-order valence-electron chi connectivity index (χ0n) is 12.9. The van der Waals surface area contributed by atoms with Crippen molar-refractivity contribution in [2.45, 2.75) is 39.2 Å². The summed E-state index contributed by atoms with van der Waals surface area (Å²) < 4.78 is 0. The maximum Gasteiger partial charge on any atom is 0.219 e. The first-order chi connectivity index (χ1) is 9.47. The van der Waals surface area contributed by atoms with Gasteiger partial charge in [-0.2, -0.15) is 0 Å². The highest BCUT2D eigenvalue weighted by Crippen LogP contribution is 2.25. The summed E-state index contributed by atoms with van der Waals surface area (Å²) >= 11 is 0. The number of rotatable bonds is 5. The van der Waals surface area contributed by atoms with E-state index in [9.17, 15) is 4.79 Å². The summed E-state index contributed by atoms with van der Waals surface area (Å²) in [5, 5.41) is 0. The number of carbonyl (C=O) groups is 1. The molecule has 2 heterocycles. The molecule has 0 spiro atoms. The van der Waals surface area contributed by atoms with Gasteiger partial charge in [-0.25, -0.2) is 0 Å². The van der Waals surface area contributed by atoms with Crippen LogP contribution in [0.25, 0.3) is 0 Å². The number of nitrogens with two attached hydrogens (primary N) is 1. The van der Waals surface area contributed by atoms with Gasteiger partial charge in [0, 0.05) is 43.7 Å². The van der Waals surface area contributed by atoms with Gasteiger partial charge in [-0.1, -0.05) is 11.6 Å². The quantitative estimate of drug-likeness (QED) is 0.779. The minimum Gasteiger partial charge on any atom is -0.372 e. The molecule has 20 heavy (non-hydrogen) atoms. The number of nitrogens with zero attached hydrogens (tertiary/aromatic N) is 2. The van der Waals surface area contributed by atoms with Gasteiger partial charge in [0.15, 0.2) is 0 Å². The Morgan fingerprint density at radius 3 is 2.60 bits per heavy atom. The van der Waals surface area contributed by atoms with Gasteiger partial charge < -0.3 is 15.5 Å². The minimum atomic E-state index is -0.195. The van der Waals surface area contributed by atoms with Crippen molar-refractivity contribution in [3.63, 3.8) is 0 Å². The summed E-state index contributed by atoms with van der Waals surface area (Å²) in [5.74, 6) is 0.517.